The highest BCUT2D eigenvalue weighted by Crippen LogP contribution is 2.26. The fraction of sp³-hybridized carbons (Fsp3) is 0.429. The highest BCUT2D eigenvalue weighted by Gasteiger charge is 2.11. The summed E-state index contributed by atoms with van der Waals surface area (Å²) in [6.45, 7) is 5.05. The Hall–Kier alpha value is -1.43. The molecular formula is C14H16ClN3O2. The Bertz CT molecular complexity index is 588. The second kappa shape index (κ2) is 6.35. The highest BCUT2D eigenvalue weighted by molar-refractivity contribution is 6.34. The van der Waals surface area contributed by atoms with Crippen LogP contribution in [0.5, 0.6) is 5.75 Å². The highest BCUT2D eigenvalue weighted by atomic mass is 35.5. The van der Waals surface area contributed by atoms with Crippen molar-refractivity contribution in [2.75, 3.05) is 39.5 Å². The summed E-state index contributed by atoms with van der Waals surface area (Å²) in [6.07, 6.45) is 1.46. The number of morpholine rings is 1. The van der Waals surface area contributed by atoms with Gasteiger partial charge in [0.25, 0.3) is 0 Å². The van der Waals surface area contributed by atoms with Crippen molar-refractivity contribution in [3.63, 3.8) is 0 Å². The number of aromatic nitrogens is 2. The van der Waals surface area contributed by atoms with Gasteiger partial charge in [-0.3, -0.25) is 4.90 Å². The first-order chi connectivity index (χ1) is 9.84. The van der Waals surface area contributed by atoms with Crippen LogP contribution in [0.2, 0.25) is 5.15 Å². The summed E-state index contributed by atoms with van der Waals surface area (Å²) in [7, 11) is 0. The zero-order chi connectivity index (χ0) is 13.8. The molecule has 106 valence electrons. The van der Waals surface area contributed by atoms with E-state index in [0.717, 1.165) is 49.5 Å². The van der Waals surface area contributed by atoms with Gasteiger partial charge in [0, 0.05) is 25.0 Å². The van der Waals surface area contributed by atoms with Gasteiger partial charge in [-0.25, -0.2) is 9.97 Å². The van der Waals surface area contributed by atoms with Crippen LogP contribution in [0.3, 0.4) is 0 Å². The minimum absolute atomic E-state index is 0.452. The molecule has 0 amide bonds. The molecule has 1 aliphatic rings. The lowest BCUT2D eigenvalue weighted by Crippen LogP contribution is -2.38. The van der Waals surface area contributed by atoms with Crippen LogP contribution in [0.4, 0.5) is 0 Å². The number of hydrogen-bond donors (Lipinski definition) is 0. The molecule has 2 aromatic rings. The largest absolute Gasteiger partial charge is 0.490 e. The minimum Gasteiger partial charge on any atom is -0.490 e. The number of fused-ring (bicyclic) bond motifs is 1. The zero-order valence-corrected chi connectivity index (χ0v) is 11.8. The van der Waals surface area contributed by atoms with Crippen molar-refractivity contribution in [3.05, 3.63) is 29.7 Å². The molecule has 6 heteroatoms. The Morgan fingerprint density at radius 2 is 2.10 bits per heavy atom. The second-order valence-electron chi connectivity index (χ2n) is 4.62. The maximum Gasteiger partial charge on any atom is 0.145 e. The van der Waals surface area contributed by atoms with Gasteiger partial charge in [0.05, 0.1) is 13.2 Å². The maximum atomic E-state index is 6.06. The summed E-state index contributed by atoms with van der Waals surface area (Å²) in [6, 6.07) is 5.71. The smallest absolute Gasteiger partial charge is 0.145 e. The molecular weight excluding hydrogens is 278 g/mol. The van der Waals surface area contributed by atoms with E-state index in [0.29, 0.717) is 11.8 Å². The van der Waals surface area contributed by atoms with Crippen molar-refractivity contribution in [1.29, 1.82) is 0 Å². The van der Waals surface area contributed by atoms with Crippen LogP contribution in [0.1, 0.15) is 0 Å². The maximum absolute atomic E-state index is 6.06. The number of para-hydroxylation sites is 1. The van der Waals surface area contributed by atoms with Crippen LogP contribution in [-0.4, -0.2) is 54.3 Å². The Balaban J connectivity index is 1.66. The molecule has 0 radical (unpaired) electrons. The average Bonchev–Trinajstić information content (AvgIpc) is 2.49. The Morgan fingerprint density at radius 3 is 2.95 bits per heavy atom. The van der Waals surface area contributed by atoms with Gasteiger partial charge in [-0.05, 0) is 12.1 Å². The molecule has 3 rings (SSSR count). The normalized spacial score (nSPS) is 16.4. The first kappa shape index (κ1) is 13.5. The molecule has 0 bridgehead atoms. The van der Waals surface area contributed by atoms with E-state index in [-0.39, 0.29) is 0 Å². The third-order valence-electron chi connectivity index (χ3n) is 3.35. The van der Waals surface area contributed by atoms with E-state index in [2.05, 4.69) is 14.9 Å². The summed E-state index contributed by atoms with van der Waals surface area (Å²) in [4.78, 5) is 10.6. The van der Waals surface area contributed by atoms with E-state index in [4.69, 9.17) is 21.1 Å². The summed E-state index contributed by atoms with van der Waals surface area (Å²) < 4.78 is 11.2. The second-order valence-corrected chi connectivity index (χ2v) is 4.98. The topological polar surface area (TPSA) is 47.5 Å². The van der Waals surface area contributed by atoms with Gasteiger partial charge < -0.3 is 9.47 Å². The van der Waals surface area contributed by atoms with Gasteiger partial charge >= 0.3 is 0 Å². The monoisotopic (exact) mass is 293 g/mol. The molecule has 0 atom stereocenters. The molecule has 0 N–H and O–H groups in total. The van der Waals surface area contributed by atoms with Crippen LogP contribution < -0.4 is 4.74 Å². The Morgan fingerprint density at radius 1 is 1.25 bits per heavy atom. The molecule has 1 saturated heterocycles. The lowest BCUT2D eigenvalue weighted by atomic mass is 10.2. The Labute approximate surface area is 122 Å². The van der Waals surface area contributed by atoms with Gasteiger partial charge in [0.2, 0.25) is 0 Å². The average molecular weight is 294 g/mol. The van der Waals surface area contributed by atoms with E-state index in [1.807, 2.05) is 18.2 Å². The molecule has 1 fully saturated rings. The van der Waals surface area contributed by atoms with Gasteiger partial charge in [0.15, 0.2) is 0 Å². The van der Waals surface area contributed by atoms with Gasteiger partial charge in [-0.1, -0.05) is 17.7 Å². The first-order valence-electron chi connectivity index (χ1n) is 6.67. The van der Waals surface area contributed by atoms with Crippen molar-refractivity contribution in [1.82, 2.24) is 14.9 Å². The SMILES string of the molecule is Clc1ncnc2c(OCCN3CCOCC3)cccc12. The van der Waals surface area contributed by atoms with E-state index in [1.165, 1.54) is 6.33 Å². The van der Waals surface area contributed by atoms with Crippen molar-refractivity contribution < 1.29 is 9.47 Å². The molecule has 0 saturated carbocycles. The molecule has 0 spiro atoms. The lowest BCUT2D eigenvalue weighted by molar-refractivity contribution is 0.0323. The van der Waals surface area contributed by atoms with Crippen LogP contribution in [0.15, 0.2) is 24.5 Å². The molecule has 1 aromatic heterocycles. The molecule has 0 unspecified atom stereocenters. The number of ether oxygens (including phenoxy) is 2. The minimum atomic E-state index is 0.452. The first-order valence-corrected chi connectivity index (χ1v) is 7.04. The van der Waals surface area contributed by atoms with Crippen molar-refractivity contribution in [2.45, 2.75) is 0 Å². The number of halogens is 1. The summed E-state index contributed by atoms with van der Waals surface area (Å²) in [5.41, 5.74) is 0.759. The summed E-state index contributed by atoms with van der Waals surface area (Å²) in [5.74, 6) is 0.750. The molecule has 1 aliphatic heterocycles. The van der Waals surface area contributed by atoms with Crippen LogP contribution in [0, 0.1) is 0 Å². The van der Waals surface area contributed by atoms with E-state index in [9.17, 15) is 0 Å². The van der Waals surface area contributed by atoms with Gasteiger partial charge in [-0.15, -0.1) is 0 Å². The fourth-order valence-electron chi connectivity index (χ4n) is 2.25. The van der Waals surface area contributed by atoms with Crippen molar-refractivity contribution in [3.8, 4) is 5.75 Å². The van der Waals surface area contributed by atoms with Crippen molar-refractivity contribution >= 4 is 22.5 Å². The molecule has 5 nitrogen and oxygen atoms in total. The third kappa shape index (κ3) is 3.00. The van der Waals surface area contributed by atoms with Gasteiger partial charge in [0.1, 0.15) is 29.4 Å². The van der Waals surface area contributed by atoms with E-state index < -0.39 is 0 Å². The Kier molecular flexibility index (Phi) is 4.30. The van der Waals surface area contributed by atoms with Crippen molar-refractivity contribution in [2.24, 2.45) is 0 Å². The van der Waals surface area contributed by atoms with Gasteiger partial charge in [-0.2, -0.15) is 0 Å². The number of hydrogen-bond acceptors (Lipinski definition) is 5. The molecule has 20 heavy (non-hydrogen) atoms. The molecule has 2 heterocycles. The van der Waals surface area contributed by atoms with Crippen LogP contribution >= 0.6 is 11.6 Å². The van der Waals surface area contributed by atoms with E-state index >= 15 is 0 Å². The van der Waals surface area contributed by atoms with Crippen LogP contribution in [0.25, 0.3) is 10.9 Å². The van der Waals surface area contributed by atoms with Crippen LogP contribution in [-0.2, 0) is 4.74 Å². The number of nitrogens with zero attached hydrogens (tertiary/aromatic N) is 3. The summed E-state index contributed by atoms with van der Waals surface area (Å²) >= 11 is 6.06. The predicted octanol–water partition coefficient (Wildman–Crippen LogP) is 1.99. The molecule has 0 aliphatic carbocycles. The standard InChI is InChI=1S/C14H16ClN3O2/c15-14-11-2-1-3-12(13(11)16-10-17-14)20-9-6-18-4-7-19-8-5-18/h1-3,10H,4-9H2. The lowest BCUT2D eigenvalue weighted by Gasteiger charge is -2.26. The summed E-state index contributed by atoms with van der Waals surface area (Å²) in [5, 5.41) is 1.27. The number of rotatable bonds is 4. The molecule has 1 aromatic carbocycles. The number of benzene rings is 1. The third-order valence-corrected chi connectivity index (χ3v) is 3.65. The quantitative estimate of drug-likeness (QED) is 0.807. The fourth-order valence-corrected chi connectivity index (χ4v) is 2.45. The zero-order valence-electron chi connectivity index (χ0n) is 11.1. The predicted molar refractivity (Wildman–Crippen MR) is 77.3 cm³/mol. The van der Waals surface area contributed by atoms with E-state index in [1.54, 1.807) is 0 Å².